The third kappa shape index (κ3) is 0.987. The molecule has 0 aromatic carbocycles. The quantitative estimate of drug-likeness (QED) is 0.502. The lowest BCUT2D eigenvalue weighted by atomic mass is 10.0. The van der Waals surface area contributed by atoms with Crippen LogP contribution in [0.4, 0.5) is 11.6 Å². The lowest BCUT2D eigenvalue weighted by Crippen LogP contribution is -2.20. The van der Waals surface area contributed by atoms with Crippen molar-refractivity contribution in [3.63, 3.8) is 0 Å². The van der Waals surface area contributed by atoms with E-state index < -0.39 is 17.8 Å². The molecule has 14 heavy (non-hydrogen) atoms. The number of aromatic nitrogens is 2. The van der Waals surface area contributed by atoms with Crippen LogP contribution in [-0.2, 0) is 9.59 Å². The van der Waals surface area contributed by atoms with Crippen molar-refractivity contribution < 1.29 is 14.7 Å². The summed E-state index contributed by atoms with van der Waals surface area (Å²) < 4.78 is 0. The van der Waals surface area contributed by atoms with Gasteiger partial charge in [0.05, 0.1) is 5.56 Å². The van der Waals surface area contributed by atoms with E-state index in [1.54, 1.807) is 0 Å². The molecule has 1 aromatic rings. The Morgan fingerprint density at radius 1 is 1.57 bits per heavy atom. The van der Waals surface area contributed by atoms with Crippen molar-refractivity contribution in [3.05, 3.63) is 11.9 Å². The molecule has 0 aliphatic carbocycles. The number of nitrogens with zero attached hydrogens (tertiary/aromatic N) is 2. The number of carboxylic acid groups (broad SMARTS) is 1. The van der Waals surface area contributed by atoms with E-state index >= 15 is 0 Å². The Labute approximate surface area is 78.0 Å². The SMILES string of the molecule is Nc1ncnc2c1C(C(=O)O)C(=O)N2. The van der Waals surface area contributed by atoms with Crippen LogP contribution in [0.1, 0.15) is 11.5 Å². The van der Waals surface area contributed by atoms with Gasteiger partial charge in [-0.25, -0.2) is 9.97 Å². The minimum absolute atomic E-state index is 0.0146. The zero-order valence-corrected chi connectivity index (χ0v) is 6.89. The van der Waals surface area contributed by atoms with Crippen LogP contribution in [0.15, 0.2) is 6.33 Å². The van der Waals surface area contributed by atoms with Crippen molar-refractivity contribution in [2.45, 2.75) is 5.92 Å². The van der Waals surface area contributed by atoms with E-state index in [0.717, 1.165) is 0 Å². The number of fused-ring (bicyclic) bond motifs is 1. The second kappa shape index (κ2) is 2.66. The minimum atomic E-state index is -1.30. The van der Waals surface area contributed by atoms with Crippen LogP contribution in [0, 0.1) is 0 Å². The molecule has 0 radical (unpaired) electrons. The zero-order chi connectivity index (χ0) is 10.3. The third-order valence-corrected chi connectivity index (χ3v) is 1.95. The lowest BCUT2D eigenvalue weighted by molar-refractivity contribution is -0.141. The van der Waals surface area contributed by atoms with E-state index in [1.165, 1.54) is 6.33 Å². The molecule has 0 spiro atoms. The van der Waals surface area contributed by atoms with Crippen LogP contribution in [0.2, 0.25) is 0 Å². The van der Waals surface area contributed by atoms with E-state index in [1.807, 2.05) is 0 Å². The molecule has 0 saturated carbocycles. The number of nitrogen functional groups attached to an aromatic ring is 1. The first-order valence-corrected chi connectivity index (χ1v) is 3.75. The number of nitrogens with one attached hydrogen (secondary N) is 1. The maximum atomic E-state index is 11.2. The number of aliphatic carboxylic acids is 1. The van der Waals surface area contributed by atoms with Gasteiger partial charge in [0.15, 0.2) is 5.92 Å². The Bertz CT molecular complexity index is 431. The lowest BCUT2D eigenvalue weighted by Gasteiger charge is -2.03. The maximum Gasteiger partial charge on any atom is 0.320 e. The van der Waals surface area contributed by atoms with Crippen LogP contribution < -0.4 is 11.1 Å². The fraction of sp³-hybridized carbons (Fsp3) is 0.143. The highest BCUT2D eigenvalue weighted by atomic mass is 16.4. The molecule has 2 heterocycles. The van der Waals surface area contributed by atoms with Gasteiger partial charge in [0, 0.05) is 0 Å². The molecule has 7 heteroatoms. The molecule has 0 saturated heterocycles. The smallest absolute Gasteiger partial charge is 0.320 e. The Kier molecular flexibility index (Phi) is 1.60. The molecule has 1 aliphatic rings. The molecule has 7 nitrogen and oxygen atoms in total. The Morgan fingerprint density at radius 3 is 2.93 bits per heavy atom. The van der Waals surface area contributed by atoms with Gasteiger partial charge in [-0.2, -0.15) is 0 Å². The molecular weight excluding hydrogens is 188 g/mol. The summed E-state index contributed by atoms with van der Waals surface area (Å²) in [6, 6.07) is 0. The molecule has 1 unspecified atom stereocenters. The van der Waals surface area contributed by atoms with Crippen LogP contribution in [-0.4, -0.2) is 27.0 Å². The summed E-state index contributed by atoms with van der Waals surface area (Å²) in [5.74, 6) is -3.01. The Hall–Kier alpha value is -2.18. The van der Waals surface area contributed by atoms with Gasteiger partial charge in [0.1, 0.15) is 18.0 Å². The second-order valence-electron chi connectivity index (χ2n) is 2.78. The second-order valence-corrected chi connectivity index (χ2v) is 2.78. The number of nitrogens with two attached hydrogens (primary N) is 1. The van der Waals surface area contributed by atoms with Gasteiger partial charge in [-0.1, -0.05) is 0 Å². The number of hydrogen-bond acceptors (Lipinski definition) is 5. The number of carboxylic acids is 1. The van der Waals surface area contributed by atoms with Crippen molar-refractivity contribution in [3.8, 4) is 0 Å². The van der Waals surface area contributed by atoms with Gasteiger partial charge in [-0.05, 0) is 0 Å². The first-order valence-electron chi connectivity index (χ1n) is 3.75. The monoisotopic (exact) mass is 194 g/mol. The number of carbonyl (C=O) groups excluding carboxylic acids is 1. The Balaban J connectivity index is 2.61. The van der Waals surface area contributed by atoms with E-state index in [9.17, 15) is 9.59 Å². The summed E-state index contributed by atoms with van der Waals surface area (Å²) in [4.78, 5) is 29.3. The predicted molar refractivity (Wildman–Crippen MR) is 45.5 cm³/mol. The van der Waals surface area contributed by atoms with Crippen LogP contribution in [0.3, 0.4) is 0 Å². The van der Waals surface area contributed by atoms with Gasteiger partial charge < -0.3 is 16.2 Å². The number of hydrogen-bond donors (Lipinski definition) is 3. The summed E-state index contributed by atoms with van der Waals surface area (Å²) in [6.07, 6.45) is 1.17. The fourth-order valence-corrected chi connectivity index (χ4v) is 1.35. The predicted octanol–water partition coefficient (Wildman–Crippen LogP) is -0.821. The zero-order valence-electron chi connectivity index (χ0n) is 6.89. The molecule has 1 atom stereocenters. The van der Waals surface area contributed by atoms with Gasteiger partial charge in [-0.3, -0.25) is 9.59 Å². The number of carbonyl (C=O) groups is 2. The molecule has 1 aromatic heterocycles. The summed E-state index contributed by atoms with van der Waals surface area (Å²) in [6.45, 7) is 0. The molecular formula is C7H6N4O3. The summed E-state index contributed by atoms with van der Waals surface area (Å²) in [5, 5.41) is 11.1. The maximum absolute atomic E-state index is 11.2. The van der Waals surface area contributed by atoms with Crippen molar-refractivity contribution in [2.24, 2.45) is 0 Å². The Morgan fingerprint density at radius 2 is 2.29 bits per heavy atom. The summed E-state index contributed by atoms with van der Waals surface area (Å²) in [7, 11) is 0. The fourth-order valence-electron chi connectivity index (χ4n) is 1.35. The average Bonchev–Trinajstić information content (AvgIpc) is 2.42. The third-order valence-electron chi connectivity index (χ3n) is 1.95. The minimum Gasteiger partial charge on any atom is -0.480 e. The number of amides is 1. The van der Waals surface area contributed by atoms with Gasteiger partial charge >= 0.3 is 5.97 Å². The first kappa shape index (κ1) is 8.42. The average molecular weight is 194 g/mol. The molecule has 0 bridgehead atoms. The standard InChI is InChI=1S/C7H6N4O3/c8-4-2-3(7(13)14)6(12)11-5(2)10-1-9-4/h1,3H,(H,13,14)(H3,8,9,10,11,12). The summed E-state index contributed by atoms with van der Waals surface area (Å²) in [5.41, 5.74) is 5.60. The highest BCUT2D eigenvalue weighted by Gasteiger charge is 2.39. The molecule has 2 rings (SSSR count). The van der Waals surface area contributed by atoms with Gasteiger partial charge in [0.25, 0.3) is 0 Å². The van der Waals surface area contributed by atoms with Crippen LogP contribution in [0.25, 0.3) is 0 Å². The number of rotatable bonds is 1. The normalized spacial score (nSPS) is 18.9. The van der Waals surface area contributed by atoms with Crippen LogP contribution in [0.5, 0.6) is 0 Å². The highest BCUT2D eigenvalue weighted by molar-refractivity contribution is 6.14. The van der Waals surface area contributed by atoms with Crippen LogP contribution >= 0.6 is 0 Å². The highest BCUT2D eigenvalue weighted by Crippen LogP contribution is 2.33. The first-order chi connectivity index (χ1) is 6.61. The summed E-state index contributed by atoms with van der Waals surface area (Å²) >= 11 is 0. The van der Waals surface area contributed by atoms with Crippen molar-refractivity contribution in [1.82, 2.24) is 9.97 Å². The van der Waals surface area contributed by atoms with Crippen molar-refractivity contribution >= 4 is 23.5 Å². The van der Waals surface area contributed by atoms with Gasteiger partial charge in [0.2, 0.25) is 5.91 Å². The number of anilines is 2. The van der Waals surface area contributed by atoms with Crippen molar-refractivity contribution in [2.75, 3.05) is 11.1 Å². The molecule has 0 fully saturated rings. The van der Waals surface area contributed by atoms with Gasteiger partial charge in [-0.15, -0.1) is 0 Å². The molecule has 1 aliphatic heterocycles. The van der Waals surface area contributed by atoms with E-state index in [-0.39, 0.29) is 17.2 Å². The topological polar surface area (TPSA) is 118 Å². The van der Waals surface area contributed by atoms with E-state index in [2.05, 4.69) is 15.3 Å². The van der Waals surface area contributed by atoms with E-state index in [0.29, 0.717) is 0 Å². The molecule has 4 N–H and O–H groups in total. The van der Waals surface area contributed by atoms with Crippen molar-refractivity contribution in [1.29, 1.82) is 0 Å². The van der Waals surface area contributed by atoms with E-state index in [4.69, 9.17) is 10.8 Å². The molecule has 72 valence electrons. The largest absolute Gasteiger partial charge is 0.480 e. The molecule has 1 amide bonds.